The second kappa shape index (κ2) is 12.0. The normalized spacial score (nSPS) is 9.73. The van der Waals surface area contributed by atoms with E-state index in [0.717, 1.165) is 23.5 Å². The Kier molecular flexibility index (Phi) is 10.1. The second-order valence-electron chi connectivity index (χ2n) is 4.66. The van der Waals surface area contributed by atoms with Crippen LogP contribution in [0, 0.1) is 11.8 Å². The fourth-order valence-corrected chi connectivity index (χ4v) is 2.40. The predicted molar refractivity (Wildman–Crippen MR) is 91.2 cm³/mol. The summed E-state index contributed by atoms with van der Waals surface area (Å²) in [4.78, 5) is 12.3. The Morgan fingerprint density at radius 3 is 2.59 bits per heavy atom. The molecule has 0 fully saturated rings. The highest BCUT2D eigenvalue weighted by Gasteiger charge is 2.03. The van der Waals surface area contributed by atoms with Gasteiger partial charge in [0.05, 0.1) is 12.4 Å². The average Bonchev–Trinajstić information content (AvgIpc) is 2.53. The van der Waals surface area contributed by atoms with Crippen molar-refractivity contribution < 1.29 is 14.3 Å². The van der Waals surface area contributed by atoms with Crippen LogP contribution in [0.2, 0.25) is 0 Å². The Balaban J connectivity index is 2.25. The Hall–Kier alpha value is -1.60. The van der Waals surface area contributed by atoms with Crippen LogP contribution in [-0.2, 0) is 9.53 Å². The summed E-state index contributed by atoms with van der Waals surface area (Å²) in [6, 6.07) is 7.67. The summed E-state index contributed by atoms with van der Waals surface area (Å²) in [5, 5.41) is 0. The SMILES string of the molecule is CCCCCC#CCOc1ccc(SCC(=O)OCC)cc1. The lowest BCUT2D eigenvalue weighted by Gasteiger charge is -2.04. The van der Waals surface area contributed by atoms with Gasteiger partial charge in [0.2, 0.25) is 0 Å². The molecular weight excluding hydrogens is 296 g/mol. The lowest BCUT2D eigenvalue weighted by molar-refractivity contribution is -0.139. The number of esters is 1. The lowest BCUT2D eigenvalue weighted by Crippen LogP contribution is -2.06. The molecule has 0 aliphatic heterocycles. The molecule has 0 saturated heterocycles. The van der Waals surface area contributed by atoms with Gasteiger partial charge >= 0.3 is 5.97 Å². The first-order chi connectivity index (χ1) is 10.8. The van der Waals surface area contributed by atoms with E-state index < -0.39 is 0 Å². The molecule has 4 heteroatoms. The predicted octanol–water partition coefficient (Wildman–Crippen LogP) is 4.30. The van der Waals surface area contributed by atoms with Crippen LogP contribution in [0.15, 0.2) is 29.2 Å². The standard InChI is InChI=1S/C18H24O3S/c1-3-5-6-7-8-9-14-21-16-10-12-17(13-11-16)22-15-18(19)20-4-2/h10-13H,3-7,14-15H2,1-2H3. The summed E-state index contributed by atoms with van der Waals surface area (Å²) in [5.74, 6) is 7.08. The number of carbonyl (C=O) groups is 1. The van der Waals surface area contributed by atoms with Gasteiger partial charge in [-0.3, -0.25) is 4.79 Å². The number of hydrogen-bond acceptors (Lipinski definition) is 4. The van der Waals surface area contributed by atoms with Gasteiger partial charge in [0.15, 0.2) is 0 Å². The molecule has 0 saturated carbocycles. The van der Waals surface area contributed by atoms with Crippen molar-refractivity contribution in [3.8, 4) is 17.6 Å². The van der Waals surface area contributed by atoms with Gasteiger partial charge in [0.25, 0.3) is 0 Å². The zero-order valence-electron chi connectivity index (χ0n) is 13.4. The Morgan fingerprint density at radius 1 is 1.14 bits per heavy atom. The van der Waals surface area contributed by atoms with Crippen LogP contribution in [0.1, 0.15) is 39.5 Å². The molecule has 0 N–H and O–H groups in total. The van der Waals surface area contributed by atoms with Gasteiger partial charge in [0.1, 0.15) is 12.4 Å². The van der Waals surface area contributed by atoms with Crippen molar-refractivity contribution in [3.63, 3.8) is 0 Å². The summed E-state index contributed by atoms with van der Waals surface area (Å²) in [6.45, 7) is 4.83. The quantitative estimate of drug-likeness (QED) is 0.294. The molecule has 0 bridgehead atoms. The molecule has 1 aromatic carbocycles. The van der Waals surface area contributed by atoms with Crippen LogP contribution < -0.4 is 4.74 Å². The summed E-state index contributed by atoms with van der Waals surface area (Å²) < 4.78 is 10.4. The summed E-state index contributed by atoms with van der Waals surface area (Å²) in [6.07, 6.45) is 4.57. The van der Waals surface area contributed by atoms with Gasteiger partial charge in [-0.2, -0.15) is 0 Å². The molecule has 0 aliphatic rings. The highest BCUT2D eigenvalue weighted by Crippen LogP contribution is 2.21. The minimum Gasteiger partial charge on any atom is -0.481 e. The van der Waals surface area contributed by atoms with Crippen LogP contribution >= 0.6 is 11.8 Å². The molecule has 22 heavy (non-hydrogen) atoms. The molecule has 0 spiro atoms. The van der Waals surface area contributed by atoms with Gasteiger partial charge in [-0.1, -0.05) is 31.6 Å². The van der Waals surface area contributed by atoms with Gasteiger partial charge in [-0.15, -0.1) is 11.8 Å². The number of unbranched alkanes of at least 4 members (excludes halogenated alkanes) is 3. The topological polar surface area (TPSA) is 35.5 Å². The summed E-state index contributed by atoms with van der Waals surface area (Å²) in [7, 11) is 0. The Morgan fingerprint density at radius 2 is 1.91 bits per heavy atom. The highest BCUT2D eigenvalue weighted by atomic mass is 32.2. The molecule has 0 heterocycles. The van der Waals surface area contributed by atoms with Crippen LogP contribution in [0.5, 0.6) is 5.75 Å². The van der Waals surface area contributed by atoms with Crippen molar-refractivity contribution in [2.45, 2.75) is 44.4 Å². The molecule has 0 aliphatic carbocycles. The summed E-state index contributed by atoms with van der Waals surface area (Å²) in [5.41, 5.74) is 0. The first-order valence-corrected chi connectivity index (χ1v) is 8.71. The van der Waals surface area contributed by atoms with E-state index in [0.29, 0.717) is 19.0 Å². The van der Waals surface area contributed by atoms with Crippen molar-refractivity contribution in [3.05, 3.63) is 24.3 Å². The maximum absolute atomic E-state index is 11.3. The van der Waals surface area contributed by atoms with Gasteiger partial charge in [0, 0.05) is 11.3 Å². The highest BCUT2D eigenvalue weighted by molar-refractivity contribution is 8.00. The largest absolute Gasteiger partial charge is 0.481 e. The van der Waals surface area contributed by atoms with E-state index in [4.69, 9.17) is 9.47 Å². The number of hydrogen-bond donors (Lipinski definition) is 0. The van der Waals surface area contributed by atoms with Crippen molar-refractivity contribution in [2.75, 3.05) is 19.0 Å². The monoisotopic (exact) mass is 320 g/mol. The van der Waals surface area contributed by atoms with E-state index in [1.165, 1.54) is 24.6 Å². The average molecular weight is 320 g/mol. The number of rotatable bonds is 9. The zero-order chi connectivity index (χ0) is 16.0. The third-order valence-corrected chi connectivity index (χ3v) is 3.81. The molecule has 3 nitrogen and oxygen atoms in total. The van der Waals surface area contributed by atoms with Crippen LogP contribution in [-0.4, -0.2) is 24.9 Å². The number of benzene rings is 1. The van der Waals surface area contributed by atoms with E-state index in [1.807, 2.05) is 24.3 Å². The van der Waals surface area contributed by atoms with Gasteiger partial charge < -0.3 is 9.47 Å². The number of thioether (sulfide) groups is 1. The zero-order valence-corrected chi connectivity index (χ0v) is 14.2. The van der Waals surface area contributed by atoms with Crippen LogP contribution in [0.25, 0.3) is 0 Å². The minimum absolute atomic E-state index is 0.189. The molecule has 1 rings (SSSR count). The molecule has 0 atom stereocenters. The van der Waals surface area contributed by atoms with Crippen LogP contribution in [0.3, 0.4) is 0 Å². The fourth-order valence-electron chi connectivity index (χ4n) is 1.70. The molecule has 0 unspecified atom stereocenters. The number of ether oxygens (including phenoxy) is 2. The van der Waals surface area contributed by atoms with Crippen molar-refractivity contribution >= 4 is 17.7 Å². The molecule has 1 aromatic rings. The Bertz CT molecular complexity index is 485. The molecule has 0 aromatic heterocycles. The Labute approximate surface area is 137 Å². The van der Waals surface area contributed by atoms with E-state index in [2.05, 4.69) is 18.8 Å². The van der Waals surface area contributed by atoms with Crippen molar-refractivity contribution in [2.24, 2.45) is 0 Å². The first-order valence-electron chi connectivity index (χ1n) is 7.73. The molecule has 0 amide bonds. The van der Waals surface area contributed by atoms with E-state index >= 15 is 0 Å². The fraction of sp³-hybridized carbons (Fsp3) is 0.500. The first kappa shape index (κ1) is 18.4. The molecule has 0 radical (unpaired) electrons. The van der Waals surface area contributed by atoms with E-state index in [-0.39, 0.29) is 5.97 Å². The van der Waals surface area contributed by atoms with Crippen molar-refractivity contribution in [1.82, 2.24) is 0 Å². The van der Waals surface area contributed by atoms with E-state index in [1.54, 1.807) is 6.92 Å². The lowest BCUT2D eigenvalue weighted by atomic mass is 10.2. The van der Waals surface area contributed by atoms with Gasteiger partial charge in [-0.05, 0) is 37.6 Å². The third kappa shape index (κ3) is 8.63. The van der Waals surface area contributed by atoms with E-state index in [9.17, 15) is 4.79 Å². The minimum atomic E-state index is -0.189. The van der Waals surface area contributed by atoms with Crippen LogP contribution in [0.4, 0.5) is 0 Å². The van der Waals surface area contributed by atoms with Crippen molar-refractivity contribution in [1.29, 1.82) is 0 Å². The number of carbonyl (C=O) groups excluding carboxylic acids is 1. The second-order valence-corrected chi connectivity index (χ2v) is 5.71. The molecular formula is C18H24O3S. The third-order valence-electron chi connectivity index (χ3n) is 2.83. The smallest absolute Gasteiger partial charge is 0.316 e. The maximum atomic E-state index is 11.3. The summed E-state index contributed by atoms with van der Waals surface area (Å²) >= 11 is 1.46. The molecule has 120 valence electrons. The maximum Gasteiger partial charge on any atom is 0.316 e. The van der Waals surface area contributed by atoms with Gasteiger partial charge in [-0.25, -0.2) is 0 Å².